The highest BCUT2D eigenvalue weighted by molar-refractivity contribution is 9.10. The Kier molecular flexibility index (Phi) is 3.91. The smallest absolute Gasteiger partial charge is 0.270 e. The molecule has 0 aliphatic carbocycles. The molecule has 7 nitrogen and oxygen atoms in total. The minimum Gasteiger partial charge on any atom is -0.347 e. The Morgan fingerprint density at radius 2 is 2.32 bits per heavy atom. The van der Waals surface area contributed by atoms with Crippen LogP contribution in [0.2, 0.25) is 0 Å². The second-order valence-electron chi connectivity index (χ2n) is 3.68. The monoisotopic (exact) mass is 324 g/mol. The van der Waals surface area contributed by atoms with Crippen LogP contribution in [0.15, 0.2) is 35.2 Å². The Bertz CT molecular complexity index is 612. The lowest BCUT2D eigenvalue weighted by atomic mass is 10.2. The number of nitrogens with one attached hydrogen (secondary N) is 2. The summed E-state index contributed by atoms with van der Waals surface area (Å²) in [5.41, 5.74) is 0.832. The van der Waals surface area contributed by atoms with Gasteiger partial charge >= 0.3 is 0 Å². The largest absolute Gasteiger partial charge is 0.347 e. The second kappa shape index (κ2) is 5.61. The summed E-state index contributed by atoms with van der Waals surface area (Å²) in [5, 5.41) is 13.3. The minimum atomic E-state index is -0.544. The number of hydrogen-bond acceptors (Lipinski definition) is 4. The van der Waals surface area contributed by atoms with Gasteiger partial charge in [-0.15, -0.1) is 0 Å². The van der Waals surface area contributed by atoms with E-state index in [4.69, 9.17) is 0 Å². The van der Waals surface area contributed by atoms with Crippen molar-refractivity contribution in [3.05, 3.63) is 56.6 Å². The summed E-state index contributed by atoms with van der Waals surface area (Å²) in [6.07, 6.45) is 3.09. The SMILES string of the molecule is O=C(NCc1cnc[nH]1)c1cc([N+](=O)[O-])ccc1Br. The maximum atomic E-state index is 11.9. The molecule has 0 bridgehead atoms. The number of amides is 1. The first-order chi connectivity index (χ1) is 9.08. The number of imidazole rings is 1. The van der Waals surface area contributed by atoms with Crippen LogP contribution in [-0.4, -0.2) is 20.8 Å². The molecule has 2 rings (SSSR count). The van der Waals surface area contributed by atoms with E-state index in [9.17, 15) is 14.9 Å². The van der Waals surface area contributed by atoms with Gasteiger partial charge in [0.05, 0.1) is 29.1 Å². The van der Waals surface area contributed by atoms with E-state index in [1.165, 1.54) is 24.5 Å². The molecule has 0 fully saturated rings. The molecule has 0 saturated carbocycles. The number of aromatic nitrogens is 2. The van der Waals surface area contributed by atoms with Crippen molar-refractivity contribution in [1.82, 2.24) is 15.3 Å². The predicted octanol–water partition coefficient (Wildman–Crippen LogP) is 2.01. The van der Waals surface area contributed by atoms with Crippen LogP contribution in [0.3, 0.4) is 0 Å². The number of carbonyl (C=O) groups is 1. The van der Waals surface area contributed by atoms with E-state index in [1.54, 1.807) is 6.20 Å². The lowest BCUT2D eigenvalue weighted by Crippen LogP contribution is -2.23. The first-order valence-corrected chi connectivity index (χ1v) is 6.06. The fourth-order valence-corrected chi connectivity index (χ4v) is 1.88. The van der Waals surface area contributed by atoms with Gasteiger partial charge in [-0.2, -0.15) is 0 Å². The van der Waals surface area contributed by atoms with Gasteiger partial charge in [0.2, 0.25) is 0 Å². The van der Waals surface area contributed by atoms with Gasteiger partial charge < -0.3 is 10.3 Å². The molecule has 1 aromatic heterocycles. The number of nitro groups is 1. The Balaban J connectivity index is 2.14. The molecule has 0 aliphatic heterocycles. The van der Waals surface area contributed by atoms with Crippen molar-refractivity contribution >= 4 is 27.5 Å². The molecule has 1 aromatic carbocycles. The Morgan fingerprint density at radius 1 is 1.53 bits per heavy atom. The third-order valence-electron chi connectivity index (χ3n) is 2.40. The predicted molar refractivity (Wildman–Crippen MR) is 70.6 cm³/mol. The maximum absolute atomic E-state index is 11.9. The molecule has 1 heterocycles. The number of halogens is 1. The average molecular weight is 325 g/mol. The quantitative estimate of drug-likeness (QED) is 0.663. The molecule has 2 aromatic rings. The van der Waals surface area contributed by atoms with Crippen LogP contribution in [0, 0.1) is 10.1 Å². The molecule has 0 unspecified atom stereocenters. The highest BCUT2D eigenvalue weighted by Gasteiger charge is 2.15. The molecule has 2 N–H and O–H groups in total. The van der Waals surface area contributed by atoms with Crippen molar-refractivity contribution in [3.8, 4) is 0 Å². The zero-order chi connectivity index (χ0) is 13.8. The number of benzene rings is 1. The van der Waals surface area contributed by atoms with Crippen LogP contribution in [0.4, 0.5) is 5.69 Å². The van der Waals surface area contributed by atoms with Crippen molar-refractivity contribution in [2.45, 2.75) is 6.54 Å². The van der Waals surface area contributed by atoms with E-state index in [0.29, 0.717) is 4.47 Å². The van der Waals surface area contributed by atoms with Crippen LogP contribution in [0.1, 0.15) is 16.1 Å². The van der Waals surface area contributed by atoms with Crippen LogP contribution in [-0.2, 0) is 6.54 Å². The molecule has 0 radical (unpaired) electrons. The van der Waals surface area contributed by atoms with Crippen LogP contribution < -0.4 is 5.32 Å². The van der Waals surface area contributed by atoms with Crippen LogP contribution in [0.5, 0.6) is 0 Å². The molecule has 8 heteroatoms. The van der Waals surface area contributed by atoms with Gasteiger partial charge in [0.25, 0.3) is 11.6 Å². The first kappa shape index (κ1) is 13.2. The van der Waals surface area contributed by atoms with E-state index in [-0.39, 0.29) is 17.8 Å². The standard InChI is InChI=1S/C11H9BrN4O3/c12-10-2-1-8(16(18)19)3-9(10)11(17)14-5-7-4-13-6-15-7/h1-4,6H,5H2,(H,13,15)(H,14,17). The van der Waals surface area contributed by atoms with Crippen molar-refractivity contribution in [3.63, 3.8) is 0 Å². The minimum absolute atomic E-state index is 0.130. The summed E-state index contributed by atoms with van der Waals surface area (Å²) in [4.78, 5) is 28.7. The van der Waals surface area contributed by atoms with Crippen molar-refractivity contribution < 1.29 is 9.72 Å². The fourth-order valence-electron chi connectivity index (χ4n) is 1.45. The first-order valence-electron chi connectivity index (χ1n) is 5.27. The molecule has 0 aliphatic rings. The second-order valence-corrected chi connectivity index (χ2v) is 4.54. The van der Waals surface area contributed by atoms with E-state index in [0.717, 1.165) is 5.69 Å². The van der Waals surface area contributed by atoms with Gasteiger partial charge in [-0.25, -0.2) is 4.98 Å². The zero-order valence-corrected chi connectivity index (χ0v) is 11.2. The third kappa shape index (κ3) is 3.16. The highest BCUT2D eigenvalue weighted by atomic mass is 79.9. The number of aromatic amines is 1. The van der Waals surface area contributed by atoms with Crippen molar-refractivity contribution in [1.29, 1.82) is 0 Å². The van der Waals surface area contributed by atoms with Crippen molar-refractivity contribution in [2.75, 3.05) is 0 Å². The van der Waals surface area contributed by atoms with Gasteiger partial charge in [0.15, 0.2) is 0 Å². The molecule has 0 saturated heterocycles. The molecule has 0 atom stereocenters. The summed E-state index contributed by atoms with van der Waals surface area (Å²) < 4.78 is 0.500. The lowest BCUT2D eigenvalue weighted by Gasteiger charge is -2.05. The zero-order valence-electron chi connectivity index (χ0n) is 9.59. The summed E-state index contributed by atoms with van der Waals surface area (Å²) in [6.45, 7) is 0.272. The van der Waals surface area contributed by atoms with E-state index in [1.807, 2.05) is 0 Å². The summed E-state index contributed by atoms with van der Waals surface area (Å²) in [5.74, 6) is -0.398. The normalized spacial score (nSPS) is 10.2. The molecule has 19 heavy (non-hydrogen) atoms. The van der Waals surface area contributed by atoms with E-state index >= 15 is 0 Å². The summed E-state index contributed by atoms with van der Waals surface area (Å²) in [7, 11) is 0. The number of hydrogen-bond donors (Lipinski definition) is 2. The fraction of sp³-hybridized carbons (Fsp3) is 0.0909. The Morgan fingerprint density at radius 3 is 2.95 bits per heavy atom. The number of rotatable bonds is 4. The third-order valence-corrected chi connectivity index (χ3v) is 3.09. The summed E-state index contributed by atoms with van der Waals surface area (Å²) >= 11 is 3.20. The topological polar surface area (TPSA) is 101 Å². The van der Waals surface area contributed by atoms with Gasteiger partial charge in [-0.1, -0.05) is 0 Å². The summed E-state index contributed by atoms with van der Waals surface area (Å²) in [6, 6.07) is 4.03. The van der Waals surface area contributed by atoms with Crippen LogP contribution >= 0.6 is 15.9 Å². The lowest BCUT2D eigenvalue weighted by molar-refractivity contribution is -0.384. The Labute approximate surface area is 116 Å². The van der Waals surface area contributed by atoms with Gasteiger partial charge in [-0.05, 0) is 22.0 Å². The van der Waals surface area contributed by atoms with Crippen molar-refractivity contribution in [2.24, 2.45) is 0 Å². The number of nitrogens with zero attached hydrogens (tertiary/aromatic N) is 2. The van der Waals surface area contributed by atoms with E-state index in [2.05, 4.69) is 31.2 Å². The van der Waals surface area contributed by atoms with E-state index < -0.39 is 10.8 Å². The Hall–Kier alpha value is -2.22. The molecule has 98 valence electrons. The van der Waals surface area contributed by atoms with Gasteiger partial charge in [0.1, 0.15) is 0 Å². The molecule has 0 spiro atoms. The number of carbonyl (C=O) groups excluding carboxylic acids is 1. The number of H-pyrrole nitrogens is 1. The highest BCUT2D eigenvalue weighted by Crippen LogP contribution is 2.22. The van der Waals surface area contributed by atoms with Gasteiger partial charge in [0, 0.05) is 22.8 Å². The molecular weight excluding hydrogens is 316 g/mol. The molecular formula is C11H9BrN4O3. The number of non-ortho nitro benzene ring substituents is 1. The molecule has 1 amide bonds. The van der Waals surface area contributed by atoms with Crippen LogP contribution in [0.25, 0.3) is 0 Å². The average Bonchev–Trinajstić information content (AvgIpc) is 2.89. The van der Waals surface area contributed by atoms with Gasteiger partial charge in [-0.3, -0.25) is 14.9 Å². The maximum Gasteiger partial charge on any atom is 0.270 e. The number of nitro benzene ring substituents is 1.